The Morgan fingerprint density at radius 2 is 0.929 bits per heavy atom. The van der Waals surface area contributed by atoms with E-state index >= 15 is 0 Å². The predicted molar refractivity (Wildman–Crippen MR) is 140 cm³/mol. The number of methoxy groups -OCH3 is 2. The van der Waals surface area contributed by atoms with Gasteiger partial charge >= 0.3 is 0 Å². The van der Waals surface area contributed by atoms with Crippen LogP contribution in [-0.2, 0) is 9.47 Å². The molecule has 0 saturated carbocycles. The molecule has 0 aromatic carbocycles. The fourth-order valence-electron chi connectivity index (χ4n) is 4.41. The predicted octanol–water partition coefficient (Wildman–Crippen LogP) is 7.13. The minimum absolute atomic E-state index is 0.604. The molecule has 0 fully saturated rings. The highest BCUT2D eigenvalue weighted by molar-refractivity contribution is 8.76. The summed E-state index contributed by atoms with van der Waals surface area (Å²) in [5.41, 5.74) is 1.21. The molecule has 2 nitrogen and oxygen atoms in total. The summed E-state index contributed by atoms with van der Waals surface area (Å²) < 4.78 is 11.8. The Balaban J connectivity index is 3.91. The Hall–Kier alpha value is 1.05. The van der Waals surface area contributed by atoms with E-state index in [0.717, 1.165) is 0 Å². The number of hydrogen-bond acceptors (Lipinski definition) is 4. The van der Waals surface area contributed by atoms with Gasteiger partial charge in [-0.2, -0.15) is 0 Å². The molecule has 6 heteroatoms. The quantitative estimate of drug-likeness (QED) is 0.102. The third-order valence-corrected chi connectivity index (χ3v) is 17.0. The van der Waals surface area contributed by atoms with E-state index in [1.165, 1.54) is 87.0 Å². The number of rotatable bonds is 21. The molecule has 2 atom stereocenters. The zero-order valence-electron chi connectivity index (χ0n) is 19.8. The van der Waals surface area contributed by atoms with Gasteiger partial charge in [0.15, 0.2) is 0 Å². The van der Waals surface area contributed by atoms with Crippen molar-refractivity contribution in [3.63, 3.8) is 0 Å². The van der Waals surface area contributed by atoms with Crippen molar-refractivity contribution >= 4 is 39.2 Å². The van der Waals surface area contributed by atoms with Gasteiger partial charge in [-0.25, -0.2) is 0 Å². The molecular formula is C22H50O2S2Si2. The molecule has 170 valence electrons. The molecule has 0 aliphatic rings. The third-order valence-electron chi connectivity index (χ3n) is 5.81. The average Bonchev–Trinajstić information content (AvgIpc) is 2.70. The summed E-state index contributed by atoms with van der Waals surface area (Å²) in [6.45, 7) is 9.33. The first-order valence-corrected chi connectivity index (χ1v) is 19.1. The van der Waals surface area contributed by atoms with Crippen molar-refractivity contribution in [3.8, 4) is 0 Å². The zero-order chi connectivity index (χ0) is 21.0. The molecule has 28 heavy (non-hydrogen) atoms. The van der Waals surface area contributed by atoms with Crippen LogP contribution < -0.4 is 0 Å². The van der Waals surface area contributed by atoms with Crippen molar-refractivity contribution in [3.05, 3.63) is 0 Å². The van der Waals surface area contributed by atoms with Gasteiger partial charge in [-0.15, -0.1) is 0 Å². The minimum Gasteiger partial charge on any atom is -0.385 e. The highest BCUT2D eigenvalue weighted by atomic mass is 33.1. The molecule has 2 unspecified atom stereocenters. The van der Waals surface area contributed by atoms with Gasteiger partial charge in [0.1, 0.15) is 0 Å². The molecule has 0 radical (unpaired) electrons. The van der Waals surface area contributed by atoms with E-state index in [0.29, 0.717) is 11.5 Å². The van der Waals surface area contributed by atoms with Crippen molar-refractivity contribution in [1.82, 2.24) is 0 Å². The number of hydrogen-bond donors (Lipinski definition) is 0. The van der Waals surface area contributed by atoms with Crippen LogP contribution in [0.1, 0.15) is 79.1 Å². The van der Waals surface area contributed by atoms with Crippen LogP contribution in [0.4, 0.5) is 0 Å². The Labute approximate surface area is 188 Å². The summed E-state index contributed by atoms with van der Waals surface area (Å²) in [6, 6.07) is 5.81. The van der Waals surface area contributed by atoms with E-state index in [2.05, 4.69) is 49.3 Å². The molecule has 0 aliphatic heterocycles. The Morgan fingerprint density at radius 1 is 0.607 bits per heavy atom. The van der Waals surface area contributed by atoms with Crippen LogP contribution in [0.5, 0.6) is 0 Å². The SMILES string of the molecule is CCC[SiH](CCC)C(CCCSSCCCC(OC)[SiH](CCC)CCC)OC. The lowest BCUT2D eigenvalue weighted by molar-refractivity contribution is 0.152. The van der Waals surface area contributed by atoms with Crippen molar-refractivity contribution in [2.75, 3.05) is 25.7 Å². The van der Waals surface area contributed by atoms with Crippen LogP contribution >= 0.6 is 21.6 Å². The van der Waals surface area contributed by atoms with Crippen LogP contribution in [0, 0.1) is 0 Å². The van der Waals surface area contributed by atoms with Gasteiger partial charge in [0, 0.05) is 37.2 Å². The lowest BCUT2D eigenvalue weighted by atomic mass is 10.3. The standard InChI is InChI=1S/C22H50O2S2Si2/c1-7-17-27(18-8-2)21(23-5)13-11-15-25-26-16-12-14-22(24-6)28(19-9-3)20-10-4/h21-22,27-28H,7-20H2,1-6H3. The van der Waals surface area contributed by atoms with Gasteiger partial charge in [0.2, 0.25) is 0 Å². The van der Waals surface area contributed by atoms with Crippen LogP contribution in [0.3, 0.4) is 0 Å². The maximum atomic E-state index is 5.90. The first kappa shape index (κ1) is 29.1. The lowest BCUT2D eigenvalue weighted by Gasteiger charge is -2.24. The summed E-state index contributed by atoms with van der Waals surface area (Å²) in [5.74, 6) is 2.56. The second-order valence-electron chi connectivity index (χ2n) is 8.15. The summed E-state index contributed by atoms with van der Waals surface area (Å²) in [5, 5.41) is 0. The molecule has 0 saturated heterocycles. The fourth-order valence-corrected chi connectivity index (χ4v) is 13.8. The molecule has 0 spiro atoms. The van der Waals surface area contributed by atoms with Crippen LogP contribution in [0.2, 0.25) is 24.2 Å². The second-order valence-corrected chi connectivity index (χ2v) is 17.7. The van der Waals surface area contributed by atoms with Gasteiger partial charge in [-0.05, 0) is 25.7 Å². The monoisotopic (exact) mass is 466 g/mol. The number of ether oxygens (including phenoxy) is 2. The third kappa shape index (κ3) is 14.1. The van der Waals surface area contributed by atoms with Crippen LogP contribution in [0.15, 0.2) is 0 Å². The Kier molecular flexibility index (Phi) is 22.1. The molecule has 0 bridgehead atoms. The highest BCUT2D eigenvalue weighted by Crippen LogP contribution is 2.26. The molecule has 0 aromatic heterocycles. The summed E-state index contributed by atoms with van der Waals surface area (Å²) in [6.07, 6.45) is 10.6. The molecule has 0 aromatic rings. The molecule has 0 N–H and O–H groups in total. The van der Waals surface area contributed by atoms with E-state index in [4.69, 9.17) is 9.47 Å². The summed E-state index contributed by atoms with van der Waals surface area (Å²) >= 11 is 0. The lowest BCUT2D eigenvalue weighted by Crippen LogP contribution is -2.32. The minimum atomic E-state index is -0.704. The van der Waals surface area contributed by atoms with E-state index in [1.54, 1.807) is 0 Å². The van der Waals surface area contributed by atoms with E-state index < -0.39 is 17.6 Å². The van der Waals surface area contributed by atoms with Gasteiger partial charge in [0.25, 0.3) is 0 Å². The van der Waals surface area contributed by atoms with E-state index in [9.17, 15) is 0 Å². The molecule has 0 rings (SSSR count). The first-order chi connectivity index (χ1) is 13.7. The largest absolute Gasteiger partial charge is 0.385 e. The van der Waals surface area contributed by atoms with Gasteiger partial charge < -0.3 is 9.47 Å². The topological polar surface area (TPSA) is 18.5 Å². The smallest absolute Gasteiger partial charge is 0.0716 e. The highest BCUT2D eigenvalue weighted by Gasteiger charge is 2.22. The summed E-state index contributed by atoms with van der Waals surface area (Å²) in [4.78, 5) is 0. The van der Waals surface area contributed by atoms with Crippen LogP contribution in [-0.4, -0.2) is 54.8 Å². The first-order valence-electron chi connectivity index (χ1n) is 12.0. The molecule has 0 heterocycles. The molecule has 0 amide bonds. The van der Waals surface area contributed by atoms with Crippen molar-refractivity contribution in [1.29, 1.82) is 0 Å². The van der Waals surface area contributed by atoms with Crippen molar-refractivity contribution in [2.45, 2.75) is 115 Å². The molecule has 0 aliphatic carbocycles. The van der Waals surface area contributed by atoms with Crippen molar-refractivity contribution < 1.29 is 9.47 Å². The summed E-state index contributed by atoms with van der Waals surface area (Å²) in [7, 11) is 6.63. The van der Waals surface area contributed by atoms with E-state index in [-0.39, 0.29) is 0 Å². The maximum absolute atomic E-state index is 5.90. The van der Waals surface area contributed by atoms with Gasteiger partial charge in [-0.3, -0.25) is 0 Å². The second kappa shape index (κ2) is 21.3. The van der Waals surface area contributed by atoms with Gasteiger partial charge in [0.05, 0.1) is 17.6 Å². The normalized spacial score (nSPS) is 14.1. The fraction of sp³-hybridized carbons (Fsp3) is 1.00. The Bertz CT molecular complexity index is 283. The molecular weight excluding hydrogens is 417 g/mol. The maximum Gasteiger partial charge on any atom is 0.0716 e. The zero-order valence-corrected chi connectivity index (χ0v) is 23.8. The average molecular weight is 467 g/mol. The van der Waals surface area contributed by atoms with Gasteiger partial charge in [-0.1, -0.05) is 99.1 Å². The van der Waals surface area contributed by atoms with Crippen molar-refractivity contribution in [2.24, 2.45) is 0 Å². The van der Waals surface area contributed by atoms with Crippen LogP contribution in [0.25, 0.3) is 0 Å². The Morgan fingerprint density at radius 3 is 1.18 bits per heavy atom. The van der Waals surface area contributed by atoms with E-state index in [1.807, 2.05) is 14.2 Å².